The van der Waals surface area contributed by atoms with E-state index in [1.165, 1.54) is 31.4 Å². The third kappa shape index (κ3) is 5.93. The average Bonchev–Trinajstić information content (AvgIpc) is 2.87. The molecule has 2 aromatic carbocycles. The van der Waals surface area contributed by atoms with Crippen LogP contribution in [0.4, 0.5) is 0 Å². The molecule has 0 saturated carbocycles. The number of benzene rings is 2. The number of nitrogens with one attached hydrogen (secondary N) is 2. The first-order valence-corrected chi connectivity index (χ1v) is 12.3. The molecule has 2 saturated heterocycles. The van der Waals surface area contributed by atoms with Crippen LogP contribution < -0.4 is 10.6 Å². The lowest BCUT2D eigenvalue weighted by atomic mass is 9.83. The predicted octanol–water partition coefficient (Wildman–Crippen LogP) is 3.50. The highest BCUT2D eigenvalue weighted by Crippen LogP contribution is 2.31. The number of hydrogen-bond acceptors (Lipinski definition) is 3. The smallest absolute Gasteiger partial charge is 0.251 e. The highest BCUT2D eigenvalue weighted by Gasteiger charge is 2.36. The Morgan fingerprint density at radius 3 is 2.55 bits per heavy atom. The molecule has 2 unspecified atom stereocenters. The number of likely N-dealkylation sites (tertiary alicyclic amines) is 2. The van der Waals surface area contributed by atoms with Gasteiger partial charge in [-0.15, -0.1) is 0 Å². The highest BCUT2D eigenvalue weighted by molar-refractivity contribution is 5.93. The van der Waals surface area contributed by atoms with Gasteiger partial charge in [0.1, 0.15) is 0 Å². The minimum Gasteiger partial charge on any atom is -0.357 e. The number of carbonyl (C=O) groups is 1. The monoisotopic (exact) mass is 447 g/mol. The summed E-state index contributed by atoms with van der Waals surface area (Å²) in [6.45, 7) is 7.96. The Morgan fingerprint density at radius 2 is 1.82 bits per heavy atom. The largest absolute Gasteiger partial charge is 0.357 e. The number of rotatable bonds is 6. The van der Waals surface area contributed by atoms with Crippen LogP contribution in [0.25, 0.3) is 0 Å². The maximum absolute atomic E-state index is 11.8. The summed E-state index contributed by atoms with van der Waals surface area (Å²) < 4.78 is 0. The van der Waals surface area contributed by atoms with Gasteiger partial charge in [-0.25, -0.2) is 4.99 Å². The van der Waals surface area contributed by atoms with Crippen LogP contribution in [-0.4, -0.2) is 60.9 Å². The molecule has 0 spiro atoms. The lowest BCUT2D eigenvalue weighted by Gasteiger charge is -2.48. The number of amides is 1. The van der Waals surface area contributed by atoms with Crippen molar-refractivity contribution in [1.82, 2.24) is 20.4 Å². The zero-order chi connectivity index (χ0) is 23.0. The third-order valence-electron chi connectivity index (χ3n) is 6.90. The van der Waals surface area contributed by atoms with Crippen LogP contribution >= 0.6 is 0 Å². The van der Waals surface area contributed by atoms with E-state index in [9.17, 15) is 4.79 Å². The van der Waals surface area contributed by atoms with Gasteiger partial charge in [0.15, 0.2) is 5.96 Å². The Morgan fingerprint density at radius 1 is 1.03 bits per heavy atom. The van der Waals surface area contributed by atoms with Crippen LogP contribution in [0.1, 0.15) is 47.7 Å². The van der Waals surface area contributed by atoms with Crippen LogP contribution in [-0.2, 0) is 13.1 Å². The second-order valence-corrected chi connectivity index (χ2v) is 9.11. The molecule has 0 bridgehead atoms. The minimum atomic E-state index is -0.0601. The Kier molecular flexibility index (Phi) is 8.00. The van der Waals surface area contributed by atoms with Gasteiger partial charge in [0.05, 0.1) is 6.54 Å². The second-order valence-electron chi connectivity index (χ2n) is 9.11. The van der Waals surface area contributed by atoms with Crippen molar-refractivity contribution in [1.29, 1.82) is 0 Å². The van der Waals surface area contributed by atoms with Crippen molar-refractivity contribution < 1.29 is 4.79 Å². The average molecular weight is 448 g/mol. The lowest BCUT2D eigenvalue weighted by Crippen LogP contribution is -2.56. The van der Waals surface area contributed by atoms with Gasteiger partial charge in [0, 0.05) is 44.8 Å². The maximum Gasteiger partial charge on any atom is 0.251 e. The number of carbonyl (C=O) groups excluding carboxylic acids is 1. The molecular weight excluding hydrogens is 410 g/mol. The van der Waals surface area contributed by atoms with Gasteiger partial charge in [-0.2, -0.15) is 0 Å². The van der Waals surface area contributed by atoms with Crippen LogP contribution in [0.15, 0.2) is 59.6 Å². The molecule has 0 aliphatic carbocycles. The standard InChI is InChI=1S/C27H37N5O/c1-3-29-27(30-18-21-11-13-23(14-12-21)26(33)28-2)32-17-15-25-24(20-32)10-7-16-31(25)19-22-8-5-4-6-9-22/h4-6,8-9,11-14,24-25H,3,7,10,15-20H2,1-2H3,(H,28,33)(H,29,30). The summed E-state index contributed by atoms with van der Waals surface area (Å²) in [6.07, 6.45) is 3.75. The SMILES string of the molecule is CCNC(=NCc1ccc(C(=O)NC)cc1)N1CCC2C(CCCN2Cc2ccccc2)C1. The van der Waals surface area contributed by atoms with Crippen molar-refractivity contribution in [3.05, 3.63) is 71.3 Å². The van der Waals surface area contributed by atoms with Crippen LogP contribution in [0.2, 0.25) is 0 Å². The number of piperidine rings is 2. The van der Waals surface area contributed by atoms with Crippen molar-refractivity contribution in [3.63, 3.8) is 0 Å². The first kappa shape index (κ1) is 23.3. The summed E-state index contributed by atoms with van der Waals surface area (Å²) in [6, 6.07) is 19.3. The van der Waals surface area contributed by atoms with E-state index in [-0.39, 0.29) is 5.91 Å². The van der Waals surface area contributed by atoms with Crippen molar-refractivity contribution in [2.24, 2.45) is 10.9 Å². The first-order valence-electron chi connectivity index (χ1n) is 12.3. The van der Waals surface area contributed by atoms with Crippen LogP contribution in [0, 0.1) is 5.92 Å². The van der Waals surface area contributed by atoms with Crippen molar-refractivity contribution in [3.8, 4) is 0 Å². The van der Waals surface area contributed by atoms with Gasteiger partial charge in [-0.1, -0.05) is 42.5 Å². The number of hydrogen-bond donors (Lipinski definition) is 2. The Labute approximate surface area is 198 Å². The Balaban J connectivity index is 1.39. The molecule has 4 rings (SSSR count). The molecule has 2 aliphatic rings. The quantitative estimate of drug-likeness (QED) is 0.526. The predicted molar refractivity (Wildman–Crippen MR) is 134 cm³/mol. The van der Waals surface area contributed by atoms with Gasteiger partial charge < -0.3 is 15.5 Å². The molecule has 0 aromatic heterocycles. The second kappa shape index (κ2) is 11.3. The Bertz CT molecular complexity index is 927. The number of aliphatic imine (C=N–C) groups is 1. The normalized spacial score (nSPS) is 21.4. The lowest BCUT2D eigenvalue weighted by molar-refractivity contribution is 0.0372. The first-order chi connectivity index (χ1) is 16.2. The maximum atomic E-state index is 11.8. The van der Waals surface area contributed by atoms with E-state index < -0.39 is 0 Å². The van der Waals surface area contributed by atoms with Crippen LogP contribution in [0.5, 0.6) is 0 Å². The van der Waals surface area contributed by atoms with Gasteiger partial charge in [-0.3, -0.25) is 9.69 Å². The van der Waals surface area contributed by atoms with Crippen molar-refractivity contribution in [2.75, 3.05) is 33.2 Å². The van der Waals surface area contributed by atoms with Gasteiger partial charge >= 0.3 is 0 Å². The topological polar surface area (TPSA) is 60.0 Å². The van der Waals surface area contributed by atoms with E-state index >= 15 is 0 Å². The molecule has 6 nitrogen and oxygen atoms in total. The molecule has 176 valence electrons. The molecule has 33 heavy (non-hydrogen) atoms. The fourth-order valence-electron chi connectivity index (χ4n) is 5.21. The van der Waals surface area contributed by atoms with Crippen molar-refractivity contribution in [2.45, 2.75) is 45.3 Å². The molecule has 6 heteroatoms. The number of guanidine groups is 1. The van der Waals surface area contributed by atoms with E-state index in [0.29, 0.717) is 24.1 Å². The Hall–Kier alpha value is -2.86. The van der Waals surface area contributed by atoms with Gasteiger partial charge in [0.25, 0.3) is 5.91 Å². The highest BCUT2D eigenvalue weighted by atomic mass is 16.1. The fourth-order valence-corrected chi connectivity index (χ4v) is 5.21. The molecule has 1 amide bonds. The summed E-state index contributed by atoms with van der Waals surface area (Å²) in [5.41, 5.74) is 3.20. The zero-order valence-electron chi connectivity index (χ0n) is 20.0. The number of nitrogens with zero attached hydrogens (tertiary/aromatic N) is 3. The molecule has 2 aromatic rings. The molecule has 2 atom stereocenters. The molecular formula is C27H37N5O. The summed E-state index contributed by atoms with van der Waals surface area (Å²) in [7, 11) is 1.65. The summed E-state index contributed by atoms with van der Waals surface area (Å²) in [4.78, 5) is 21.9. The van der Waals surface area contributed by atoms with Gasteiger partial charge in [-0.05, 0) is 61.9 Å². The van der Waals surface area contributed by atoms with E-state index in [1.54, 1.807) is 7.05 Å². The van der Waals surface area contributed by atoms with E-state index in [0.717, 1.165) is 37.7 Å². The van der Waals surface area contributed by atoms with Crippen molar-refractivity contribution >= 4 is 11.9 Å². The molecule has 0 radical (unpaired) electrons. The fraction of sp³-hybridized carbons (Fsp3) is 0.481. The van der Waals surface area contributed by atoms with E-state index in [2.05, 4.69) is 57.7 Å². The van der Waals surface area contributed by atoms with Crippen LogP contribution in [0.3, 0.4) is 0 Å². The van der Waals surface area contributed by atoms with Gasteiger partial charge in [0.2, 0.25) is 0 Å². The molecule has 2 N–H and O–H groups in total. The molecule has 2 fully saturated rings. The number of fused-ring (bicyclic) bond motifs is 1. The minimum absolute atomic E-state index is 0.0601. The molecule has 2 aliphatic heterocycles. The van der Waals surface area contributed by atoms with E-state index in [4.69, 9.17) is 4.99 Å². The summed E-state index contributed by atoms with van der Waals surface area (Å²) in [5, 5.41) is 6.17. The molecule has 2 heterocycles. The summed E-state index contributed by atoms with van der Waals surface area (Å²) in [5.74, 6) is 1.63. The summed E-state index contributed by atoms with van der Waals surface area (Å²) >= 11 is 0. The van der Waals surface area contributed by atoms with E-state index in [1.807, 2.05) is 24.3 Å². The zero-order valence-corrected chi connectivity index (χ0v) is 20.0. The third-order valence-corrected chi connectivity index (χ3v) is 6.90.